The van der Waals surface area contributed by atoms with Gasteiger partial charge >= 0.3 is 0 Å². The summed E-state index contributed by atoms with van der Waals surface area (Å²) in [5, 5.41) is 4.07. The first kappa shape index (κ1) is 15.2. The Hall–Kier alpha value is -1.20. The van der Waals surface area contributed by atoms with Gasteiger partial charge in [0.25, 0.3) is 0 Å². The smallest absolute Gasteiger partial charge is 0.231 e. The molecule has 0 saturated heterocycles. The van der Waals surface area contributed by atoms with Gasteiger partial charge in [0.15, 0.2) is 5.82 Å². The van der Waals surface area contributed by atoms with Crippen LogP contribution in [0.1, 0.15) is 44.0 Å². The Morgan fingerprint density at radius 1 is 1.30 bits per heavy atom. The molecule has 2 atom stereocenters. The van der Waals surface area contributed by atoms with E-state index in [2.05, 4.69) is 46.0 Å². The fraction of sp³-hybridized carbons (Fsp3) is 0.467. The molecular formula is C15H20BrN3O. The number of nitrogens with zero attached hydrogens (tertiary/aromatic N) is 2. The summed E-state index contributed by atoms with van der Waals surface area (Å²) >= 11 is 3.46. The number of benzene rings is 1. The molecule has 0 radical (unpaired) electrons. The summed E-state index contributed by atoms with van der Waals surface area (Å²) in [5.41, 5.74) is 7.16. The molecule has 0 aliphatic rings. The largest absolute Gasteiger partial charge is 0.339 e. The molecule has 4 nitrogen and oxygen atoms in total. The van der Waals surface area contributed by atoms with Crippen LogP contribution in [0.3, 0.4) is 0 Å². The lowest BCUT2D eigenvalue weighted by Crippen LogP contribution is -2.28. The lowest BCUT2D eigenvalue weighted by atomic mass is 9.90. The zero-order valence-electron chi connectivity index (χ0n) is 12.0. The van der Waals surface area contributed by atoms with Crippen LogP contribution in [0.4, 0.5) is 0 Å². The van der Waals surface area contributed by atoms with Gasteiger partial charge in [0.05, 0.1) is 5.92 Å². The second-order valence-corrected chi connectivity index (χ2v) is 6.40. The van der Waals surface area contributed by atoms with E-state index in [1.54, 1.807) is 0 Å². The molecule has 2 N–H and O–H groups in total. The van der Waals surface area contributed by atoms with Crippen LogP contribution in [0, 0.1) is 5.92 Å². The maximum Gasteiger partial charge on any atom is 0.231 e. The second kappa shape index (κ2) is 6.50. The van der Waals surface area contributed by atoms with E-state index in [0.717, 1.165) is 10.0 Å². The average molecular weight is 338 g/mol. The molecule has 0 amide bonds. The molecule has 1 aromatic heterocycles. The van der Waals surface area contributed by atoms with E-state index in [1.165, 1.54) is 0 Å². The van der Waals surface area contributed by atoms with Gasteiger partial charge in [-0.25, -0.2) is 0 Å². The van der Waals surface area contributed by atoms with E-state index < -0.39 is 0 Å². The molecule has 2 rings (SSSR count). The molecule has 108 valence electrons. The first-order valence-electron chi connectivity index (χ1n) is 6.80. The van der Waals surface area contributed by atoms with Gasteiger partial charge in [-0.05, 0) is 30.5 Å². The predicted octanol–water partition coefficient (Wildman–Crippen LogP) is 3.51. The first-order chi connectivity index (χ1) is 9.47. The standard InChI is InChI=1S/C15H20BrN3O/c1-9(2)14(10(3)17)15-18-13(19-20-15)8-11-5-4-6-12(16)7-11/h4-7,9-10,14H,8,17H2,1-3H3. The van der Waals surface area contributed by atoms with Crippen molar-refractivity contribution in [2.24, 2.45) is 11.7 Å². The van der Waals surface area contributed by atoms with Gasteiger partial charge in [-0.2, -0.15) is 4.98 Å². The molecule has 2 unspecified atom stereocenters. The van der Waals surface area contributed by atoms with Crippen molar-refractivity contribution in [3.63, 3.8) is 0 Å². The van der Waals surface area contributed by atoms with Crippen LogP contribution in [-0.2, 0) is 6.42 Å². The maximum atomic E-state index is 6.02. The van der Waals surface area contributed by atoms with Crippen LogP contribution >= 0.6 is 15.9 Å². The van der Waals surface area contributed by atoms with Crippen LogP contribution < -0.4 is 5.73 Å². The Bertz CT molecular complexity index is 558. The molecule has 0 fully saturated rings. The SMILES string of the molecule is CC(C)C(c1nc(Cc2cccc(Br)c2)no1)C(C)N. The van der Waals surface area contributed by atoms with E-state index in [0.29, 0.717) is 24.1 Å². The molecule has 5 heteroatoms. The normalized spacial score (nSPS) is 14.5. The highest BCUT2D eigenvalue weighted by molar-refractivity contribution is 9.10. The Balaban J connectivity index is 2.16. The van der Waals surface area contributed by atoms with E-state index >= 15 is 0 Å². The highest BCUT2D eigenvalue weighted by atomic mass is 79.9. The molecule has 1 heterocycles. The van der Waals surface area contributed by atoms with Crippen LogP contribution in [0.15, 0.2) is 33.3 Å². The van der Waals surface area contributed by atoms with Crippen LogP contribution in [0.5, 0.6) is 0 Å². The number of halogens is 1. The lowest BCUT2D eigenvalue weighted by molar-refractivity contribution is 0.298. The van der Waals surface area contributed by atoms with E-state index in [4.69, 9.17) is 10.3 Å². The number of rotatable bonds is 5. The third-order valence-electron chi connectivity index (χ3n) is 3.30. The van der Waals surface area contributed by atoms with E-state index in [-0.39, 0.29) is 12.0 Å². The first-order valence-corrected chi connectivity index (χ1v) is 7.59. The van der Waals surface area contributed by atoms with E-state index in [1.807, 2.05) is 25.1 Å². The highest BCUT2D eigenvalue weighted by Gasteiger charge is 2.26. The fourth-order valence-corrected chi connectivity index (χ4v) is 2.87. The van der Waals surface area contributed by atoms with Gasteiger partial charge < -0.3 is 10.3 Å². The minimum atomic E-state index is -0.00540. The third-order valence-corrected chi connectivity index (χ3v) is 3.80. The molecule has 0 saturated carbocycles. The molecule has 0 aliphatic carbocycles. The summed E-state index contributed by atoms with van der Waals surface area (Å²) in [6.45, 7) is 6.21. The number of aromatic nitrogens is 2. The van der Waals surface area contributed by atoms with Gasteiger partial charge in [0.1, 0.15) is 0 Å². The van der Waals surface area contributed by atoms with Crippen molar-refractivity contribution in [1.82, 2.24) is 10.1 Å². The monoisotopic (exact) mass is 337 g/mol. The molecular weight excluding hydrogens is 318 g/mol. The molecule has 0 spiro atoms. The van der Waals surface area contributed by atoms with E-state index in [9.17, 15) is 0 Å². The van der Waals surface area contributed by atoms with Crippen molar-refractivity contribution < 1.29 is 4.52 Å². The van der Waals surface area contributed by atoms with Crippen molar-refractivity contribution in [1.29, 1.82) is 0 Å². The van der Waals surface area contributed by atoms with Gasteiger partial charge in [0, 0.05) is 16.9 Å². The quantitative estimate of drug-likeness (QED) is 0.906. The van der Waals surface area contributed by atoms with Gasteiger partial charge in [-0.15, -0.1) is 0 Å². The Kier molecular flexibility index (Phi) is 4.94. The summed E-state index contributed by atoms with van der Waals surface area (Å²) in [4.78, 5) is 4.50. The van der Waals surface area contributed by atoms with Crippen LogP contribution in [0.25, 0.3) is 0 Å². The topological polar surface area (TPSA) is 64.9 Å². The fourth-order valence-electron chi connectivity index (χ4n) is 2.42. The zero-order chi connectivity index (χ0) is 14.7. The Morgan fingerprint density at radius 2 is 2.05 bits per heavy atom. The van der Waals surface area contributed by atoms with Crippen LogP contribution in [0.2, 0.25) is 0 Å². The summed E-state index contributed by atoms with van der Waals surface area (Å²) in [6.07, 6.45) is 0.659. The van der Waals surface area contributed by atoms with Crippen molar-refractivity contribution in [2.75, 3.05) is 0 Å². The second-order valence-electron chi connectivity index (χ2n) is 5.48. The summed E-state index contributed by atoms with van der Waals surface area (Å²) < 4.78 is 6.45. The maximum absolute atomic E-state index is 6.02. The minimum Gasteiger partial charge on any atom is -0.339 e. The molecule has 0 aliphatic heterocycles. The Morgan fingerprint density at radius 3 is 2.65 bits per heavy atom. The van der Waals surface area contributed by atoms with Gasteiger partial charge in [-0.1, -0.05) is 47.1 Å². The predicted molar refractivity (Wildman–Crippen MR) is 82.5 cm³/mol. The summed E-state index contributed by atoms with van der Waals surface area (Å²) in [7, 11) is 0. The van der Waals surface area contributed by atoms with Crippen molar-refractivity contribution >= 4 is 15.9 Å². The average Bonchev–Trinajstić information content (AvgIpc) is 2.76. The zero-order valence-corrected chi connectivity index (χ0v) is 13.6. The molecule has 20 heavy (non-hydrogen) atoms. The number of nitrogens with two attached hydrogens (primary N) is 1. The minimum absolute atomic E-state index is 0.00540. The molecule has 0 bridgehead atoms. The van der Waals surface area contributed by atoms with Gasteiger partial charge in [0.2, 0.25) is 5.89 Å². The Labute approximate surface area is 127 Å². The summed E-state index contributed by atoms with van der Waals surface area (Å²) in [5.74, 6) is 1.80. The highest BCUT2D eigenvalue weighted by Crippen LogP contribution is 2.26. The molecule has 1 aromatic carbocycles. The van der Waals surface area contributed by atoms with Crippen molar-refractivity contribution in [3.8, 4) is 0 Å². The lowest BCUT2D eigenvalue weighted by Gasteiger charge is -2.20. The van der Waals surface area contributed by atoms with Crippen molar-refractivity contribution in [2.45, 2.75) is 39.2 Å². The third kappa shape index (κ3) is 3.67. The van der Waals surface area contributed by atoms with Crippen molar-refractivity contribution in [3.05, 3.63) is 46.0 Å². The van der Waals surface area contributed by atoms with Gasteiger partial charge in [-0.3, -0.25) is 0 Å². The number of hydrogen-bond acceptors (Lipinski definition) is 4. The summed E-state index contributed by atoms with van der Waals surface area (Å²) in [6, 6.07) is 8.09. The number of hydrogen-bond donors (Lipinski definition) is 1. The molecule has 2 aromatic rings. The van der Waals surface area contributed by atoms with Crippen LogP contribution in [-0.4, -0.2) is 16.2 Å².